The van der Waals surface area contributed by atoms with Gasteiger partial charge in [0.05, 0.1) is 11.2 Å². The van der Waals surface area contributed by atoms with Gasteiger partial charge in [-0.15, -0.1) is 11.6 Å². The zero-order chi connectivity index (χ0) is 36.8. The first kappa shape index (κ1) is 33.9. The molecule has 0 saturated heterocycles. The Morgan fingerprint density at radius 3 is 2.53 bits per heavy atom. The number of nitrogens with one attached hydrogen (secondary N) is 4. The van der Waals surface area contributed by atoms with E-state index in [1.165, 1.54) is 0 Å². The number of hydrogen-bond donors (Lipinski definition) is 4. The first-order valence-corrected chi connectivity index (χ1v) is 18.1. The van der Waals surface area contributed by atoms with Gasteiger partial charge in [0.25, 0.3) is 11.8 Å². The lowest BCUT2D eigenvalue weighted by molar-refractivity contribution is 0.0981. The molecule has 1 atom stereocenters. The minimum atomic E-state index is -0.655. The molecule has 0 saturated carbocycles. The second kappa shape index (κ2) is 13.7. The number of alkyl halides is 1. The van der Waals surface area contributed by atoms with Gasteiger partial charge in [0.15, 0.2) is 11.5 Å². The van der Waals surface area contributed by atoms with Crippen molar-refractivity contribution in [2.24, 2.45) is 0 Å². The summed E-state index contributed by atoms with van der Waals surface area (Å²) in [5, 5.41) is 8.14. The van der Waals surface area contributed by atoms with E-state index >= 15 is 0 Å². The number of carbonyl (C=O) groups excluding carboxylic acids is 3. The van der Waals surface area contributed by atoms with E-state index in [0.717, 1.165) is 51.6 Å². The van der Waals surface area contributed by atoms with Crippen molar-refractivity contribution in [3.8, 4) is 5.75 Å². The fraction of sp³-hybridized carbons (Fsp3) is 0.195. The molecule has 8 rings (SSSR count). The van der Waals surface area contributed by atoms with Crippen molar-refractivity contribution in [2.45, 2.75) is 26.7 Å². The molecule has 0 aliphatic carbocycles. The van der Waals surface area contributed by atoms with E-state index in [1.807, 2.05) is 61.7 Å². The number of halogens is 1. The lowest BCUT2D eigenvalue weighted by atomic mass is 9.97. The van der Waals surface area contributed by atoms with Crippen LogP contribution in [0.2, 0.25) is 0 Å². The van der Waals surface area contributed by atoms with Crippen molar-refractivity contribution >= 4 is 85.0 Å². The molecule has 0 unspecified atom stereocenters. The SMILES string of the molecule is CCN(CC)c1ccc2cc(C(=O)Nc3ccc4[nH]c(C(=O)N5C[C@H](CCl)c6c5cc(OC(=O)Nc5ccccc5)c5[nH]cc(C)c65)cc4c3)oc2c1. The Labute approximate surface area is 309 Å². The van der Waals surface area contributed by atoms with Gasteiger partial charge in [-0.05, 0) is 86.5 Å². The largest absolute Gasteiger partial charge is 0.451 e. The van der Waals surface area contributed by atoms with E-state index < -0.39 is 6.09 Å². The van der Waals surface area contributed by atoms with Crippen LogP contribution in [0, 0.1) is 6.92 Å². The van der Waals surface area contributed by atoms with E-state index in [-0.39, 0.29) is 23.5 Å². The highest BCUT2D eigenvalue weighted by atomic mass is 35.5. The molecule has 268 valence electrons. The van der Waals surface area contributed by atoms with Crippen LogP contribution in [0.5, 0.6) is 5.75 Å². The van der Waals surface area contributed by atoms with Crippen LogP contribution in [-0.2, 0) is 0 Å². The fourth-order valence-electron chi connectivity index (χ4n) is 7.26. The number of aromatic nitrogens is 2. The quantitative estimate of drug-likeness (QED) is 0.109. The minimum absolute atomic E-state index is 0.145. The highest BCUT2D eigenvalue weighted by Gasteiger charge is 2.37. The lowest BCUT2D eigenvalue weighted by Gasteiger charge is -2.20. The summed E-state index contributed by atoms with van der Waals surface area (Å²) in [6.07, 6.45) is 1.20. The first-order chi connectivity index (χ1) is 25.7. The van der Waals surface area contributed by atoms with Crippen molar-refractivity contribution in [1.82, 2.24) is 9.97 Å². The number of hydrogen-bond acceptors (Lipinski definition) is 6. The topological polar surface area (TPSA) is 136 Å². The number of furan rings is 1. The molecule has 4 N–H and O–H groups in total. The van der Waals surface area contributed by atoms with E-state index in [0.29, 0.717) is 52.0 Å². The molecular weight excluding hydrogens is 692 g/mol. The normalized spacial score (nSPS) is 13.8. The summed E-state index contributed by atoms with van der Waals surface area (Å²) in [4.78, 5) is 50.9. The maximum atomic E-state index is 14.3. The zero-order valence-corrected chi connectivity index (χ0v) is 30.1. The number of aromatic amines is 2. The van der Waals surface area contributed by atoms with Gasteiger partial charge in [-0.2, -0.15) is 0 Å². The number of carbonyl (C=O) groups is 3. The van der Waals surface area contributed by atoms with E-state index in [2.05, 4.69) is 39.3 Å². The van der Waals surface area contributed by atoms with Gasteiger partial charge < -0.3 is 34.2 Å². The van der Waals surface area contributed by atoms with Crippen molar-refractivity contribution in [3.63, 3.8) is 0 Å². The van der Waals surface area contributed by atoms with Gasteiger partial charge in [-0.3, -0.25) is 14.9 Å². The average Bonchev–Trinajstić information content (AvgIpc) is 3.96. The van der Waals surface area contributed by atoms with Gasteiger partial charge in [0.1, 0.15) is 11.3 Å². The second-order valence-electron chi connectivity index (χ2n) is 13.1. The Balaban J connectivity index is 1.05. The van der Waals surface area contributed by atoms with Crippen molar-refractivity contribution in [1.29, 1.82) is 0 Å². The molecule has 1 aliphatic heterocycles. The van der Waals surface area contributed by atoms with E-state index in [1.54, 1.807) is 41.3 Å². The summed E-state index contributed by atoms with van der Waals surface area (Å²) in [5.74, 6) is 0.00488. The summed E-state index contributed by atoms with van der Waals surface area (Å²) in [6, 6.07) is 25.6. The number of fused-ring (bicyclic) bond motifs is 5. The van der Waals surface area contributed by atoms with Crippen LogP contribution in [0.25, 0.3) is 32.8 Å². The highest BCUT2D eigenvalue weighted by Crippen LogP contribution is 2.47. The Morgan fingerprint density at radius 2 is 1.75 bits per heavy atom. The maximum absolute atomic E-state index is 14.3. The number of nitrogens with zero attached hydrogens (tertiary/aromatic N) is 2. The Hall–Kier alpha value is -6.20. The van der Waals surface area contributed by atoms with Crippen LogP contribution >= 0.6 is 11.6 Å². The first-order valence-electron chi connectivity index (χ1n) is 17.5. The fourth-order valence-corrected chi connectivity index (χ4v) is 7.51. The van der Waals surface area contributed by atoms with E-state index in [4.69, 9.17) is 20.8 Å². The molecule has 0 fully saturated rings. The van der Waals surface area contributed by atoms with Crippen molar-refractivity contribution in [2.75, 3.05) is 45.9 Å². The number of H-pyrrole nitrogens is 2. The summed E-state index contributed by atoms with van der Waals surface area (Å²) in [7, 11) is 0. The number of para-hydroxylation sites is 1. The number of benzene rings is 4. The Bertz CT molecular complexity index is 2530. The molecular formula is C41H37ClN6O5. The number of aryl methyl sites for hydroxylation is 1. The molecule has 0 bridgehead atoms. The maximum Gasteiger partial charge on any atom is 0.417 e. The second-order valence-corrected chi connectivity index (χ2v) is 13.4. The van der Waals surface area contributed by atoms with Crippen LogP contribution in [0.15, 0.2) is 95.5 Å². The highest BCUT2D eigenvalue weighted by molar-refractivity contribution is 6.19. The summed E-state index contributed by atoms with van der Waals surface area (Å²) in [5.41, 5.74) is 7.07. The lowest BCUT2D eigenvalue weighted by Crippen LogP contribution is -2.30. The van der Waals surface area contributed by atoms with Crippen molar-refractivity contribution in [3.05, 3.63) is 114 Å². The molecule has 0 radical (unpaired) electrons. The van der Waals surface area contributed by atoms with Crippen LogP contribution in [-0.4, -0.2) is 53.4 Å². The monoisotopic (exact) mass is 728 g/mol. The Kier molecular flexibility index (Phi) is 8.79. The third-order valence-electron chi connectivity index (χ3n) is 9.86. The molecule has 7 aromatic rings. The number of anilines is 4. The molecule has 4 heterocycles. The van der Waals surface area contributed by atoms with Crippen molar-refractivity contribution < 1.29 is 23.5 Å². The smallest absolute Gasteiger partial charge is 0.417 e. The Morgan fingerprint density at radius 1 is 0.943 bits per heavy atom. The molecule has 53 heavy (non-hydrogen) atoms. The van der Waals surface area contributed by atoms with Gasteiger partial charge >= 0.3 is 6.09 Å². The minimum Gasteiger partial charge on any atom is -0.451 e. The molecule has 3 aromatic heterocycles. The van der Waals surface area contributed by atoms with Crippen LogP contribution < -0.4 is 25.2 Å². The van der Waals surface area contributed by atoms with Crippen LogP contribution in [0.4, 0.5) is 27.5 Å². The zero-order valence-electron chi connectivity index (χ0n) is 29.4. The van der Waals surface area contributed by atoms with Gasteiger partial charge in [-0.25, -0.2) is 4.79 Å². The number of amides is 3. The third-order valence-corrected chi connectivity index (χ3v) is 10.2. The molecule has 0 spiro atoms. The van der Waals surface area contributed by atoms with Crippen LogP contribution in [0.3, 0.4) is 0 Å². The van der Waals surface area contributed by atoms with Gasteiger partial charge in [-0.1, -0.05) is 18.2 Å². The standard InChI is InChI=1S/C41H37ClN6O5/c1-4-47(5-2)29-13-11-24-17-35(52-33(24)18-29)39(49)44-28-12-14-30-25(15-28)16-31(46-30)40(50)48-22-26(20-42)37-32(48)19-34(38-36(37)23(3)21-43-38)53-41(51)45-27-9-7-6-8-10-27/h6-19,21,26,43,46H,4-5,20,22H2,1-3H3,(H,44,49)(H,45,51)/t26-/m0/s1. The third kappa shape index (κ3) is 6.23. The summed E-state index contributed by atoms with van der Waals surface area (Å²) >= 11 is 6.51. The molecule has 12 heteroatoms. The molecule has 1 aliphatic rings. The van der Waals surface area contributed by atoms with E-state index in [9.17, 15) is 14.4 Å². The molecule has 3 amide bonds. The van der Waals surface area contributed by atoms with Gasteiger partial charge in [0, 0.05) is 88.5 Å². The number of ether oxygens (including phenoxy) is 1. The predicted octanol–water partition coefficient (Wildman–Crippen LogP) is 9.40. The van der Waals surface area contributed by atoms with Gasteiger partial charge in [0.2, 0.25) is 0 Å². The summed E-state index contributed by atoms with van der Waals surface area (Å²) < 4.78 is 11.8. The molecule has 11 nitrogen and oxygen atoms in total. The predicted molar refractivity (Wildman–Crippen MR) is 210 cm³/mol. The number of rotatable bonds is 9. The average molecular weight is 729 g/mol. The summed E-state index contributed by atoms with van der Waals surface area (Å²) in [6.45, 7) is 8.25. The molecule has 4 aromatic carbocycles. The van der Waals surface area contributed by atoms with Crippen LogP contribution in [0.1, 0.15) is 51.9 Å².